The molecule has 0 spiro atoms. The second-order valence-electron chi connectivity index (χ2n) is 7.36. The predicted octanol–water partition coefficient (Wildman–Crippen LogP) is 4.52. The van der Waals surface area contributed by atoms with Crippen LogP contribution in [0.25, 0.3) is 22.2 Å². The number of carboxylic acid groups (broad SMARTS) is 1. The Morgan fingerprint density at radius 1 is 1.11 bits per heavy atom. The number of ether oxygens (including phenoxy) is 2. The highest BCUT2D eigenvalue weighted by Gasteiger charge is 2.21. The maximum Gasteiger partial charge on any atom is 0.416 e. The van der Waals surface area contributed by atoms with Crippen molar-refractivity contribution in [1.82, 2.24) is 9.55 Å². The number of nitrogens with one attached hydrogen (secondary N) is 1. The molecule has 0 saturated heterocycles. The fourth-order valence-electron chi connectivity index (χ4n) is 3.54. The fraction of sp³-hybridized carbons (Fsp3) is 0.0800. The summed E-state index contributed by atoms with van der Waals surface area (Å²) in [4.78, 5) is 53.4. The minimum atomic E-state index is -1.49. The number of hydrogen-bond acceptors (Lipinski definition) is 7. The zero-order chi connectivity index (χ0) is 25.8. The summed E-state index contributed by atoms with van der Waals surface area (Å²) < 4.78 is 25.0. The molecule has 0 atom stereocenters. The van der Waals surface area contributed by atoms with Crippen molar-refractivity contribution in [3.05, 3.63) is 88.6 Å². The zero-order valence-electron chi connectivity index (χ0n) is 18.7. The van der Waals surface area contributed by atoms with Gasteiger partial charge in [-0.05, 0) is 49.4 Å². The van der Waals surface area contributed by atoms with Crippen LogP contribution in [-0.4, -0.2) is 39.4 Å². The number of rotatable bonds is 5. The molecule has 0 aliphatic heterocycles. The summed E-state index contributed by atoms with van der Waals surface area (Å²) in [6.07, 6.45) is 0.443. The molecule has 11 heteroatoms. The number of fused-ring (bicyclic) bond motifs is 1. The molecule has 2 N–H and O–H groups in total. The van der Waals surface area contributed by atoms with E-state index in [0.29, 0.717) is 0 Å². The first-order valence-electron chi connectivity index (χ1n) is 10.6. The van der Waals surface area contributed by atoms with Crippen molar-refractivity contribution < 1.29 is 33.4 Å². The average molecular weight is 491 g/mol. The van der Waals surface area contributed by atoms with Crippen LogP contribution in [0, 0.1) is 5.82 Å². The third-order valence-corrected chi connectivity index (χ3v) is 5.05. The summed E-state index contributed by atoms with van der Waals surface area (Å²) in [5.41, 5.74) is -0.656. The predicted molar refractivity (Wildman–Crippen MR) is 127 cm³/mol. The van der Waals surface area contributed by atoms with Crippen LogP contribution in [0.3, 0.4) is 0 Å². The van der Waals surface area contributed by atoms with E-state index in [4.69, 9.17) is 9.47 Å². The van der Waals surface area contributed by atoms with Gasteiger partial charge >= 0.3 is 18.2 Å². The summed E-state index contributed by atoms with van der Waals surface area (Å²) in [6.45, 7) is 1.64. The second kappa shape index (κ2) is 10.1. The second-order valence-corrected chi connectivity index (χ2v) is 7.36. The number of amides is 1. The number of halogens is 1. The average Bonchev–Trinajstić information content (AvgIpc) is 2.84. The van der Waals surface area contributed by atoms with Gasteiger partial charge in [0.2, 0.25) is 0 Å². The minimum absolute atomic E-state index is 0.00968. The number of pyridine rings is 2. The molecule has 36 heavy (non-hydrogen) atoms. The summed E-state index contributed by atoms with van der Waals surface area (Å²) in [5.74, 6) is -1.45. The van der Waals surface area contributed by atoms with E-state index < -0.39 is 29.4 Å². The summed E-state index contributed by atoms with van der Waals surface area (Å²) >= 11 is 0. The van der Waals surface area contributed by atoms with Crippen LogP contribution in [0.4, 0.5) is 19.7 Å². The minimum Gasteiger partial charge on any atom is -0.464 e. The fourth-order valence-corrected chi connectivity index (χ4v) is 3.54. The van der Waals surface area contributed by atoms with Crippen molar-refractivity contribution in [3.8, 4) is 17.0 Å². The summed E-state index contributed by atoms with van der Waals surface area (Å²) in [7, 11) is 0. The lowest BCUT2D eigenvalue weighted by molar-refractivity contribution is 0.0734. The molecule has 4 rings (SSSR count). The Morgan fingerprint density at radius 3 is 2.61 bits per heavy atom. The smallest absolute Gasteiger partial charge is 0.416 e. The molecule has 0 unspecified atom stereocenters. The Bertz CT molecular complexity index is 1550. The van der Waals surface area contributed by atoms with Gasteiger partial charge in [0.15, 0.2) is 5.43 Å². The molecular formula is C25H18FN3O7. The van der Waals surface area contributed by atoms with Gasteiger partial charge in [0.1, 0.15) is 11.6 Å². The van der Waals surface area contributed by atoms with Crippen LogP contribution in [0.1, 0.15) is 17.3 Å². The molecule has 0 aliphatic carbocycles. The van der Waals surface area contributed by atoms with Gasteiger partial charge < -0.3 is 14.6 Å². The van der Waals surface area contributed by atoms with Gasteiger partial charge in [0.25, 0.3) is 0 Å². The van der Waals surface area contributed by atoms with E-state index in [0.717, 1.165) is 22.8 Å². The van der Waals surface area contributed by atoms with E-state index in [1.54, 1.807) is 13.0 Å². The topological polar surface area (TPSA) is 137 Å². The van der Waals surface area contributed by atoms with E-state index in [9.17, 15) is 28.7 Å². The van der Waals surface area contributed by atoms with Gasteiger partial charge in [-0.3, -0.25) is 15.1 Å². The van der Waals surface area contributed by atoms with Gasteiger partial charge in [0, 0.05) is 35.5 Å². The van der Waals surface area contributed by atoms with Crippen molar-refractivity contribution in [2.24, 2.45) is 0 Å². The van der Waals surface area contributed by atoms with Crippen LogP contribution in [-0.2, 0) is 4.74 Å². The Labute approximate surface area is 202 Å². The molecule has 2 aromatic heterocycles. The quantitative estimate of drug-likeness (QED) is 0.307. The summed E-state index contributed by atoms with van der Waals surface area (Å²) in [5, 5.41) is 12.4. The molecule has 0 fully saturated rings. The van der Waals surface area contributed by atoms with Crippen LogP contribution in [0.5, 0.6) is 5.75 Å². The monoisotopic (exact) mass is 491 g/mol. The first-order valence-corrected chi connectivity index (χ1v) is 10.6. The lowest BCUT2D eigenvalue weighted by Crippen LogP contribution is -2.19. The van der Waals surface area contributed by atoms with Crippen molar-refractivity contribution in [1.29, 1.82) is 0 Å². The maximum absolute atomic E-state index is 14.0. The molecule has 0 saturated carbocycles. The summed E-state index contributed by atoms with van der Waals surface area (Å²) in [6, 6.07) is 11.3. The van der Waals surface area contributed by atoms with Crippen molar-refractivity contribution in [2.45, 2.75) is 6.92 Å². The zero-order valence-corrected chi connectivity index (χ0v) is 18.7. The SMILES string of the molecule is CCOC(=O)Nc1cc(OC(=O)c2cccnc2)ccc1-c1cc(=O)c2ccc(F)cc2n1C(=O)O. The molecule has 0 aliphatic rings. The van der Waals surface area contributed by atoms with Gasteiger partial charge in [-0.1, -0.05) is 0 Å². The van der Waals surface area contributed by atoms with E-state index in [-0.39, 0.29) is 45.8 Å². The molecule has 2 heterocycles. The van der Waals surface area contributed by atoms with Crippen LogP contribution < -0.4 is 15.5 Å². The van der Waals surface area contributed by atoms with Crippen molar-refractivity contribution in [3.63, 3.8) is 0 Å². The van der Waals surface area contributed by atoms with E-state index in [2.05, 4.69) is 10.3 Å². The van der Waals surface area contributed by atoms with Gasteiger partial charge in [-0.15, -0.1) is 0 Å². The van der Waals surface area contributed by atoms with Gasteiger partial charge in [0.05, 0.1) is 29.1 Å². The van der Waals surface area contributed by atoms with Crippen molar-refractivity contribution in [2.75, 3.05) is 11.9 Å². The van der Waals surface area contributed by atoms with Crippen molar-refractivity contribution >= 4 is 34.7 Å². The molecular weight excluding hydrogens is 473 g/mol. The molecule has 0 bridgehead atoms. The molecule has 1 amide bonds. The first kappa shape index (κ1) is 24.1. The Kier molecular flexibility index (Phi) is 6.72. The third kappa shape index (κ3) is 4.89. The lowest BCUT2D eigenvalue weighted by Gasteiger charge is -2.17. The number of hydrogen-bond donors (Lipinski definition) is 2. The number of carbonyl (C=O) groups excluding carboxylic acids is 2. The van der Waals surface area contributed by atoms with Gasteiger partial charge in [-0.25, -0.2) is 23.3 Å². The van der Waals surface area contributed by atoms with Crippen LogP contribution in [0.15, 0.2) is 71.8 Å². The van der Waals surface area contributed by atoms with E-state index in [1.807, 2.05) is 0 Å². The number of nitrogens with zero attached hydrogens (tertiary/aromatic N) is 2. The normalized spacial score (nSPS) is 10.6. The number of esters is 1. The first-order chi connectivity index (χ1) is 17.3. The Morgan fingerprint density at radius 2 is 1.92 bits per heavy atom. The number of aromatic nitrogens is 2. The standard InChI is InChI=1S/C25H18FN3O7/c1-2-35-24(32)28-19-11-16(36-23(31)14-4-3-9-27-13-14)6-8-17(19)21-12-22(30)18-7-5-15(26)10-20(18)29(21)25(33)34/h3-13H,2H2,1H3,(H,28,32)(H,33,34). The third-order valence-electron chi connectivity index (χ3n) is 5.05. The Balaban J connectivity index is 1.87. The molecule has 10 nitrogen and oxygen atoms in total. The van der Waals surface area contributed by atoms with Crippen LogP contribution in [0.2, 0.25) is 0 Å². The molecule has 2 aromatic carbocycles. The largest absolute Gasteiger partial charge is 0.464 e. The highest BCUT2D eigenvalue weighted by molar-refractivity contribution is 5.97. The van der Waals surface area contributed by atoms with E-state index in [1.165, 1.54) is 42.7 Å². The van der Waals surface area contributed by atoms with Gasteiger partial charge in [-0.2, -0.15) is 0 Å². The Hall–Kier alpha value is -5.06. The van der Waals surface area contributed by atoms with Crippen LogP contribution >= 0.6 is 0 Å². The highest BCUT2D eigenvalue weighted by atomic mass is 19.1. The number of benzene rings is 2. The maximum atomic E-state index is 14.0. The molecule has 4 aromatic rings. The highest BCUT2D eigenvalue weighted by Crippen LogP contribution is 2.33. The number of carbonyl (C=O) groups is 3. The van der Waals surface area contributed by atoms with E-state index >= 15 is 0 Å². The molecule has 0 radical (unpaired) electrons. The molecule has 182 valence electrons. The lowest BCUT2D eigenvalue weighted by atomic mass is 10.1. The number of anilines is 1.